The molecular weight excluding hydrogens is 450 g/mol. The third-order valence-electron chi connectivity index (χ3n) is 7.27. The molecule has 0 unspecified atom stereocenters. The lowest BCUT2D eigenvalue weighted by molar-refractivity contribution is 0.112. The van der Waals surface area contributed by atoms with Gasteiger partial charge in [-0.15, -0.1) is 0 Å². The van der Waals surface area contributed by atoms with E-state index in [1.54, 1.807) is 0 Å². The summed E-state index contributed by atoms with van der Waals surface area (Å²) in [5, 5.41) is 4.05. The van der Waals surface area contributed by atoms with E-state index in [1.807, 2.05) is 12.1 Å². The quantitative estimate of drug-likeness (QED) is 0.186. The van der Waals surface area contributed by atoms with Crippen LogP contribution in [-0.4, -0.2) is 6.29 Å². The molecule has 0 bridgehead atoms. The maximum Gasteiger partial charge on any atom is 0.151 e. The molecule has 2 nitrogen and oxygen atoms in total. The molecule has 5 aromatic carbocycles. The number of rotatable bonds is 4. The Hall–Kier alpha value is -3.91. The highest BCUT2D eigenvalue weighted by Gasteiger charge is 2.23. The normalized spacial score (nSPS) is 12.2. The van der Waals surface area contributed by atoms with Gasteiger partial charge in [0.25, 0.3) is 0 Å². The van der Waals surface area contributed by atoms with Crippen LogP contribution < -0.4 is 4.90 Å². The highest BCUT2D eigenvalue weighted by atomic mass is 16.1. The first-order valence-corrected chi connectivity index (χ1v) is 13.0. The van der Waals surface area contributed by atoms with Crippen LogP contribution in [0.4, 0.5) is 17.1 Å². The summed E-state index contributed by atoms with van der Waals surface area (Å²) in [7, 11) is 0. The number of aldehydes is 1. The largest absolute Gasteiger partial charge is 0.309 e. The second-order valence-corrected chi connectivity index (χ2v) is 11.9. The van der Waals surface area contributed by atoms with Gasteiger partial charge in [0.1, 0.15) is 0 Å². The number of anilines is 3. The molecule has 0 amide bonds. The summed E-state index contributed by atoms with van der Waals surface area (Å²) in [6, 6.07) is 34.3. The highest BCUT2D eigenvalue weighted by Crippen LogP contribution is 2.45. The summed E-state index contributed by atoms with van der Waals surface area (Å²) in [4.78, 5) is 14.7. The van der Waals surface area contributed by atoms with Gasteiger partial charge < -0.3 is 4.90 Å². The Balaban J connectivity index is 1.85. The van der Waals surface area contributed by atoms with Crippen LogP contribution in [0.3, 0.4) is 0 Å². The summed E-state index contributed by atoms with van der Waals surface area (Å²) >= 11 is 0. The minimum atomic E-state index is 0.0721. The third-order valence-corrected chi connectivity index (χ3v) is 7.27. The molecule has 37 heavy (non-hydrogen) atoms. The molecule has 0 saturated carbocycles. The minimum Gasteiger partial charge on any atom is -0.309 e. The van der Waals surface area contributed by atoms with Crippen molar-refractivity contribution in [3.63, 3.8) is 0 Å². The predicted octanol–water partition coefficient (Wildman–Crippen LogP) is 9.87. The van der Waals surface area contributed by atoms with Crippen LogP contribution in [0.1, 0.15) is 63.0 Å². The van der Waals surface area contributed by atoms with Crippen molar-refractivity contribution in [2.75, 3.05) is 4.90 Å². The van der Waals surface area contributed by atoms with Crippen LogP contribution in [0, 0.1) is 0 Å². The second kappa shape index (κ2) is 9.19. The molecule has 0 aromatic heterocycles. The molecule has 0 aliphatic heterocycles. The van der Waals surface area contributed by atoms with E-state index in [9.17, 15) is 4.79 Å². The molecule has 186 valence electrons. The van der Waals surface area contributed by atoms with Crippen molar-refractivity contribution >= 4 is 44.9 Å². The van der Waals surface area contributed by atoms with Crippen LogP contribution in [-0.2, 0) is 10.8 Å². The van der Waals surface area contributed by atoms with Gasteiger partial charge in [0.2, 0.25) is 0 Å². The minimum absolute atomic E-state index is 0.0721. The number of hydrogen-bond acceptors (Lipinski definition) is 2. The Morgan fingerprint density at radius 1 is 0.514 bits per heavy atom. The van der Waals surface area contributed by atoms with E-state index in [1.165, 1.54) is 11.1 Å². The molecule has 5 aromatic rings. The monoisotopic (exact) mass is 485 g/mol. The van der Waals surface area contributed by atoms with E-state index in [0.29, 0.717) is 0 Å². The number of hydrogen-bond donors (Lipinski definition) is 0. The third kappa shape index (κ3) is 4.53. The summed E-state index contributed by atoms with van der Waals surface area (Å²) < 4.78 is 0. The zero-order valence-electron chi connectivity index (χ0n) is 22.7. The van der Waals surface area contributed by atoms with Gasteiger partial charge in [-0.25, -0.2) is 0 Å². The first-order valence-electron chi connectivity index (χ1n) is 13.0. The smallest absolute Gasteiger partial charge is 0.151 e. The van der Waals surface area contributed by atoms with Crippen LogP contribution in [0.5, 0.6) is 0 Å². The van der Waals surface area contributed by atoms with Gasteiger partial charge in [-0.3, -0.25) is 4.79 Å². The molecular formula is C35H35NO. The summed E-state index contributed by atoms with van der Waals surface area (Å²) in [5.41, 5.74) is 6.74. The number of nitrogens with zero attached hydrogens (tertiary/aromatic N) is 1. The standard InChI is InChI=1S/C35H35NO/c1-34(2,3)24-15-19-26(20-16-24)36(27-21-17-25(18-22-27)35(4,5)6)33-30-13-9-7-11-28(30)32(23-37)29-12-8-10-14-31(29)33/h7-23H,1-6H3. The molecule has 0 radical (unpaired) electrons. The fourth-order valence-electron chi connectivity index (χ4n) is 5.14. The number of carbonyl (C=O) groups excluding carboxylic acids is 1. The molecule has 0 heterocycles. The van der Waals surface area contributed by atoms with E-state index >= 15 is 0 Å². The van der Waals surface area contributed by atoms with Gasteiger partial charge in [-0.2, -0.15) is 0 Å². The fraction of sp³-hybridized carbons (Fsp3) is 0.229. The first kappa shape index (κ1) is 24.8. The van der Waals surface area contributed by atoms with E-state index in [4.69, 9.17) is 0 Å². The molecule has 0 atom stereocenters. The maximum absolute atomic E-state index is 12.3. The fourth-order valence-corrected chi connectivity index (χ4v) is 5.14. The van der Waals surface area contributed by atoms with Gasteiger partial charge in [0.05, 0.1) is 5.69 Å². The zero-order valence-corrected chi connectivity index (χ0v) is 22.7. The molecule has 0 aliphatic carbocycles. The molecule has 0 saturated heterocycles. The number of benzene rings is 5. The van der Waals surface area contributed by atoms with Crippen LogP contribution >= 0.6 is 0 Å². The van der Waals surface area contributed by atoms with Crippen molar-refractivity contribution < 1.29 is 4.79 Å². The Bertz CT molecular complexity index is 1470. The van der Waals surface area contributed by atoms with Gasteiger partial charge in [-0.05, 0) is 57.0 Å². The van der Waals surface area contributed by atoms with Crippen molar-refractivity contribution in [3.8, 4) is 0 Å². The zero-order chi connectivity index (χ0) is 26.4. The molecule has 0 aliphatic rings. The summed E-state index contributed by atoms with van der Waals surface area (Å²) in [6.45, 7) is 13.4. The second-order valence-electron chi connectivity index (χ2n) is 11.9. The van der Waals surface area contributed by atoms with Crippen LogP contribution in [0.2, 0.25) is 0 Å². The van der Waals surface area contributed by atoms with Crippen LogP contribution in [0.25, 0.3) is 21.5 Å². The molecule has 2 heteroatoms. The van der Waals surface area contributed by atoms with Gasteiger partial charge in [-0.1, -0.05) is 114 Å². The van der Waals surface area contributed by atoms with Gasteiger partial charge in [0.15, 0.2) is 6.29 Å². The van der Waals surface area contributed by atoms with E-state index in [-0.39, 0.29) is 10.8 Å². The number of fused-ring (bicyclic) bond motifs is 2. The average Bonchev–Trinajstić information content (AvgIpc) is 2.88. The van der Waals surface area contributed by atoms with Gasteiger partial charge >= 0.3 is 0 Å². The molecule has 0 spiro atoms. The SMILES string of the molecule is CC(C)(C)c1ccc(N(c2ccc(C(C)(C)C)cc2)c2c3ccccc3c(C=O)c3ccccc23)cc1. The number of carbonyl (C=O) groups is 1. The van der Waals surface area contributed by atoms with Crippen molar-refractivity contribution in [2.24, 2.45) is 0 Å². The topological polar surface area (TPSA) is 20.3 Å². The summed E-state index contributed by atoms with van der Waals surface area (Å²) in [6.07, 6.45) is 0.995. The van der Waals surface area contributed by atoms with Crippen molar-refractivity contribution in [2.45, 2.75) is 52.4 Å². The lowest BCUT2D eigenvalue weighted by atomic mass is 9.86. The Morgan fingerprint density at radius 3 is 1.19 bits per heavy atom. The lowest BCUT2D eigenvalue weighted by Gasteiger charge is -2.30. The van der Waals surface area contributed by atoms with E-state index < -0.39 is 0 Å². The van der Waals surface area contributed by atoms with Crippen LogP contribution in [0.15, 0.2) is 97.1 Å². The highest BCUT2D eigenvalue weighted by molar-refractivity contribution is 6.21. The Labute approximate surface area is 220 Å². The maximum atomic E-state index is 12.3. The Kier molecular flexibility index (Phi) is 6.15. The first-order chi connectivity index (χ1) is 17.6. The van der Waals surface area contributed by atoms with E-state index in [2.05, 4.69) is 131 Å². The van der Waals surface area contributed by atoms with Gasteiger partial charge in [0, 0.05) is 27.7 Å². The van der Waals surface area contributed by atoms with Crippen molar-refractivity contribution in [1.82, 2.24) is 0 Å². The molecule has 5 rings (SSSR count). The molecule has 0 fully saturated rings. The van der Waals surface area contributed by atoms with Crippen molar-refractivity contribution in [3.05, 3.63) is 114 Å². The summed E-state index contributed by atoms with van der Waals surface area (Å²) in [5.74, 6) is 0. The lowest BCUT2D eigenvalue weighted by Crippen LogP contribution is -2.15. The Morgan fingerprint density at radius 2 is 0.865 bits per heavy atom. The van der Waals surface area contributed by atoms with Crippen molar-refractivity contribution in [1.29, 1.82) is 0 Å². The predicted molar refractivity (Wildman–Crippen MR) is 159 cm³/mol. The van der Waals surface area contributed by atoms with E-state index in [0.717, 1.165) is 50.5 Å². The average molecular weight is 486 g/mol. The molecule has 0 N–H and O–H groups in total.